The molecule has 0 heterocycles. The molecule has 1 nitrogen and oxygen atoms in total. The van der Waals surface area contributed by atoms with Crippen molar-refractivity contribution in [3.63, 3.8) is 0 Å². The summed E-state index contributed by atoms with van der Waals surface area (Å²) in [6.07, 6.45) is 4.29. The maximum absolute atomic E-state index is 5.99. The third kappa shape index (κ3) is 3.67. The second-order valence-electron chi connectivity index (χ2n) is 4.24. The fourth-order valence-electron chi connectivity index (χ4n) is 1.81. The Morgan fingerprint density at radius 3 is 1.80 bits per heavy atom. The first kappa shape index (κ1) is 12.3. The predicted molar refractivity (Wildman–Crippen MR) is 67.2 cm³/mol. The van der Waals surface area contributed by atoms with Gasteiger partial charge in [-0.1, -0.05) is 39.0 Å². The van der Waals surface area contributed by atoms with Crippen molar-refractivity contribution in [3.05, 3.63) is 34.9 Å². The zero-order valence-corrected chi connectivity index (χ0v) is 10.2. The first-order valence-corrected chi connectivity index (χ1v) is 6.06. The fourth-order valence-corrected chi connectivity index (χ4v) is 1.81. The van der Waals surface area contributed by atoms with E-state index in [-0.39, 0.29) is 0 Å². The van der Waals surface area contributed by atoms with E-state index in [9.17, 15) is 0 Å². The summed E-state index contributed by atoms with van der Waals surface area (Å²) >= 11 is 0. The molecule has 0 aliphatic rings. The van der Waals surface area contributed by atoms with Gasteiger partial charge in [0.25, 0.3) is 0 Å². The van der Waals surface area contributed by atoms with Crippen LogP contribution in [-0.2, 0) is 19.3 Å². The molecule has 0 bridgehead atoms. The number of hydrogen-bond donors (Lipinski definition) is 1. The molecule has 1 atom stereocenters. The molecule has 0 amide bonds. The van der Waals surface area contributed by atoms with Gasteiger partial charge in [0.05, 0.1) is 0 Å². The van der Waals surface area contributed by atoms with E-state index in [1.165, 1.54) is 16.7 Å². The monoisotopic (exact) mass is 205 g/mol. The van der Waals surface area contributed by atoms with Crippen LogP contribution in [0.15, 0.2) is 18.2 Å². The van der Waals surface area contributed by atoms with Gasteiger partial charge in [-0.2, -0.15) is 0 Å². The highest BCUT2D eigenvalue weighted by Gasteiger charge is 2.03. The Kier molecular flexibility index (Phi) is 4.83. The molecule has 1 aromatic rings. The molecule has 0 radical (unpaired) electrons. The van der Waals surface area contributed by atoms with Crippen LogP contribution in [-0.4, -0.2) is 6.04 Å². The Morgan fingerprint density at radius 2 is 1.40 bits per heavy atom. The first-order chi connectivity index (χ1) is 7.19. The van der Waals surface area contributed by atoms with Gasteiger partial charge in [0, 0.05) is 6.04 Å². The lowest BCUT2D eigenvalue weighted by Crippen LogP contribution is -2.21. The number of benzene rings is 1. The molecule has 1 rings (SSSR count). The molecule has 0 aliphatic carbocycles. The Labute approximate surface area is 93.7 Å². The molecule has 0 saturated heterocycles. The van der Waals surface area contributed by atoms with Crippen LogP contribution in [0.2, 0.25) is 0 Å². The summed E-state index contributed by atoms with van der Waals surface area (Å²) in [4.78, 5) is 0. The van der Waals surface area contributed by atoms with Crippen LogP contribution in [0.1, 0.15) is 43.9 Å². The molecule has 15 heavy (non-hydrogen) atoms. The van der Waals surface area contributed by atoms with Gasteiger partial charge < -0.3 is 5.73 Å². The highest BCUT2D eigenvalue weighted by Crippen LogP contribution is 2.13. The minimum atomic E-state index is 0.307. The van der Waals surface area contributed by atoms with Gasteiger partial charge in [0.15, 0.2) is 0 Å². The smallest absolute Gasteiger partial charge is 0.00766 e. The zero-order valence-electron chi connectivity index (χ0n) is 10.2. The molecule has 1 heteroatoms. The zero-order chi connectivity index (χ0) is 11.3. The average molecular weight is 205 g/mol. The van der Waals surface area contributed by atoms with E-state index >= 15 is 0 Å². The quantitative estimate of drug-likeness (QED) is 0.785. The largest absolute Gasteiger partial charge is 0.327 e. The molecule has 84 valence electrons. The van der Waals surface area contributed by atoms with Crippen LogP contribution in [0.5, 0.6) is 0 Å². The van der Waals surface area contributed by atoms with Gasteiger partial charge in [-0.05, 0) is 42.4 Å². The summed E-state index contributed by atoms with van der Waals surface area (Å²) in [7, 11) is 0. The Hall–Kier alpha value is -0.820. The van der Waals surface area contributed by atoms with E-state index in [1.807, 2.05) is 0 Å². The maximum Gasteiger partial charge on any atom is 0.00766 e. The van der Waals surface area contributed by atoms with Crippen LogP contribution in [0.3, 0.4) is 0 Å². The van der Waals surface area contributed by atoms with Crippen molar-refractivity contribution < 1.29 is 0 Å². The SMILES string of the molecule is CCc1cc(CC)cc(C[C@H](N)CC)c1. The first-order valence-electron chi connectivity index (χ1n) is 6.06. The van der Waals surface area contributed by atoms with Crippen LogP contribution in [0, 0.1) is 0 Å². The number of rotatable bonds is 5. The molecular formula is C14H23N. The van der Waals surface area contributed by atoms with E-state index in [0.717, 1.165) is 25.7 Å². The predicted octanol–water partition coefficient (Wildman–Crippen LogP) is 3.09. The Balaban J connectivity index is 2.86. The van der Waals surface area contributed by atoms with Crippen molar-refractivity contribution in [2.24, 2.45) is 5.73 Å². The fraction of sp³-hybridized carbons (Fsp3) is 0.571. The maximum atomic E-state index is 5.99. The topological polar surface area (TPSA) is 26.0 Å². The minimum absolute atomic E-state index is 0.307. The number of hydrogen-bond acceptors (Lipinski definition) is 1. The van der Waals surface area contributed by atoms with Gasteiger partial charge in [-0.25, -0.2) is 0 Å². The normalized spacial score (nSPS) is 12.8. The number of nitrogens with two attached hydrogens (primary N) is 1. The standard InChI is InChI=1S/C14H23N/c1-4-11-7-12(5-2)9-13(8-11)10-14(15)6-3/h7-9,14H,4-6,10,15H2,1-3H3/t14-/m1/s1. The molecule has 2 N–H and O–H groups in total. The molecule has 0 spiro atoms. The second kappa shape index (κ2) is 5.92. The summed E-state index contributed by atoms with van der Waals surface area (Å²) in [5, 5.41) is 0. The van der Waals surface area contributed by atoms with Gasteiger partial charge in [0.1, 0.15) is 0 Å². The van der Waals surface area contributed by atoms with E-state index in [4.69, 9.17) is 5.73 Å². The summed E-state index contributed by atoms with van der Waals surface area (Å²) in [5.41, 5.74) is 10.3. The second-order valence-corrected chi connectivity index (χ2v) is 4.24. The lowest BCUT2D eigenvalue weighted by molar-refractivity contribution is 0.645. The van der Waals surface area contributed by atoms with E-state index < -0.39 is 0 Å². The lowest BCUT2D eigenvalue weighted by Gasteiger charge is -2.11. The van der Waals surface area contributed by atoms with Crippen molar-refractivity contribution in [1.29, 1.82) is 0 Å². The van der Waals surface area contributed by atoms with Gasteiger partial charge in [0.2, 0.25) is 0 Å². The van der Waals surface area contributed by atoms with E-state index in [2.05, 4.69) is 39.0 Å². The summed E-state index contributed by atoms with van der Waals surface area (Å²) < 4.78 is 0. The van der Waals surface area contributed by atoms with Crippen molar-refractivity contribution in [3.8, 4) is 0 Å². The highest BCUT2D eigenvalue weighted by molar-refractivity contribution is 5.30. The Bertz CT molecular complexity index is 282. The van der Waals surface area contributed by atoms with Gasteiger partial charge >= 0.3 is 0 Å². The van der Waals surface area contributed by atoms with Crippen LogP contribution >= 0.6 is 0 Å². The van der Waals surface area contributed by atoms with Crippen LogP contribution in [0.25, 0.3) is 0 Å². The lowest BCUT2D eigenvalue weighted by atomic mass is 9.97. The highest BCUT2D eigenvalue weighted by atomic mass is 14.6. The van der Waals surface area contributed by atoms with Crippen molar-refractivity contribution in [1.82, 2.24) is 0 Å². The van der Waals surface area contributed by atoms with Crippen LogP contribution < -0.4 is 5.73 Å². The summed E-state index contributed by atoms with van der Waals surface area (Å²) in [5.74, 6) is 0. The Morgan fingerprint density at radius 1 is 0.933 bits per heavy atom. The third-order valence-corrected chi connectivity index (χ3v) is 2.95. The van der Waals surface area contributed by atoms with Gasteiger partial charge in [-0.3, -0.25) is 0 Å². The summed E-state index contributed by atoms with van der Waals surface area (Å²) in [6, 6.07) is 7.21. The van der Waals surface area contributed by atoms with E-state index in [1.54, 1.807) is 0 Å². The molecule has 0 aliphatic heterocycles. The number of aryl methyl sites for hydroxylation is 2. The van der Waals surface area contributed by atoms with Crippen molar-refractivity contribution >= 4 is 0 Å². The van der Waals surface area contributed by atoms with Crippen LogP contribution in [0.4, 0.5) is 0 Å². The molecular weight excluding hydrogens is 182 g/mol. The third-order valence-electron chi connectivity index (χ3n) is 2.95. The molecule has 0 aromatic heterocycles. The van der Waals surface area contributed by atoms with Crippen molar-refractivity contribution in [2.45, 2.75) is 52.5 Å². The summed E-state index contributed by atoms with van der Waals surface area (Å²) in [6.45, 7) is 6.56. The van der Waals surface area contributed by atoms with E-state index in [0.29, 0.717) is 6.04 Å². The molecule has 0 unspecified atom stereocenters. The molecule has 1 aromatic carbocycles. The minimum Gasteiger partial charge on any atom is -0.327 e. The van der Waals surface area contributed by atoms with Crippen molar-refractivity contribution in [2.75, 3.05) is 0 Å². The molecule has 0 fully saturated rings. The molecule has 0 saturated carbocycles. The average Bonchev–Trinajstić information content (AvgIpc) is 2.28. The van der Waals surface area contributed by atoms with Gasteiger partial charge in [-0.15, -0.1) is 0 Å².